The minimum atomic E-state index is 0.317. The standard InChI is InChI=1S/C15H22ClNO2/c1-11-7-13(15(19-2)8-14(11)16)9-17-5-3-12(10-18)4-6-17/h7-8,12,18H,3-6,9-10H2,1-2H3. The van der Waals surface area contributed by atoms with E-state index in [2.05, 4.69) is 11.0 Å². The zero-order chi connectivity index (χ0) is 13.8. The minimum Gasteiger partial charge on any atom is -0.496 e. The van der Waals surface area contributed by atoms with E-state index < -0.39 is 0 Å². The lowest BCUT2D eigenvalue weighted by Crippen LogP contribution is -2.34. The molecule has 0 saturated carbocycles. The van der Waals surface area contributed by atoms with Crippen molar-refractivity contribution in [3.8, 4) is 5.75 Å². The van der Waals surface area contributed by atoms with Gasteiger partial charge in [-0.2, -0.15) is 0 Å². The monoisotopic (exact) mass is 283 g/mol. The summed E-state index contributed by atoms with van der Waals surface area (Å²) in [6.45, 7) is 5.30. The molecule has 2 rings (SSSR count). The average molecular weight is 284 g/mol. The van der Waals surface area contributed by atoms with Crippen LogP contribution in [-0.4, -0.2) is 36.8 Å². The second kappa shape index (κ2) is 6.60. The molecular formula is C15H22ClNO2. The van der Waals surface area contributed by atoms with Crippen LogP contribution in [0.5, 0.6) is 5.75 Å². The van der Waals surface area contributed by atoms with Crippen molar-refractivity contribution in [1.29, 1.82) is 0 Å². The van der Waals surface area contributed by atoms with Gasteiger partial charge in [0.15, 0.2) is 0 Å². The van der Waals surface area contributed by atoms with Gasteiger partial charge in [-0.25, -0.2) is 0 Å². The minimum absolute atomic E-state index is 0.317. The molecular weight excluding hydrogens is 262 g/mol. The number of rotatable bonds is 4. The number of hydrogen-bond acceptors (Lipinski definition) is 3. The average Bonchev–Trinajstić information content (AvgIpc) is 2.43. The molecule has 0 unspecified atom stereocenters. The maximum absolute atomic E-state index is 9.16. The van der Waals surface area contributed by atoms with Gasteiger partial charge in [-0.3, -0.25) is 4.90 Å². The zero-order valence-corrected chi connectivity index (χ0v) is 12.4. The van der Waals surface area contributed by atoms with Crippen LogP contribution in [0.3, 0.4) is 0 Å². The van der Waals surface area contributed by atoms with Crippen molar-refractivity contribution in [3.05, 3.63) is 28.3 Å². The van der Waals surface area contributed by atoms with Crippen LogP contribution >= 0.6 is 11.6 Å². The molecule has 1 aromatic carbocycles. The van der Waals surface area contributed by atoms with E-state index in [-0.39, 0.29) is 0 Å². The van der Waals surface area contributed by atoms with E-state index >= 15 is 0 Å². The van der Waals surface area contributed by atoms with E-state index in [1.54, 1.807) is 7.11 Å². The number of aliphatic hydroxyl groups excluding tert-OH is 1. The lowest BCUT2D eigenvalue weighted by atomic mass is 9.97. The number of ether oxygens (including phenoxy) is 1. The second-order valence-corrected chi connectivity index (χ2v) is 5.72. The molecule has 0 aliphatic carbocycles. The van der Waals surface area contributed by atoms with Gasteiger partial charge in [0.1, 0.15) is 5.75 Å². The smallest absolute Gasteiger partial charge is 0.124 e. The van der Waals surface area contributed by atoms with E-state index in [0.29, 0.717) is 12.5 Å². The molecule has 0 bridgehead atoms. The Morgan fingerprint density at radius 3 is 2.63 bits per heavy atom. The van der Waals surface area contributed by atoms with Gasteiger partial charge >= 0.3 is 0 Å². The first-order valence-electron chi connectivity index (χ1n) is 6.80. The van der Waals surface area contributed by atoms with Gasteiger partial charge in [-0.15, -0.1) is 0 Å². The van der Waals surface area contributed by atoms with Crippen molar-refractivity contribution >= 4 is 11.6 Å². The van der Waals surface area contributed by atoms with Crippen LogP contribution in [0.1, 0.15) is 24.0 Å². The molecule has 1 aromatic rings. The summed E-state index contributed by atoms with van der Waals surface area (Å²) >= 11 is 6.12. The number of halogens is 1. The van der Waals surface area contributed by atoms with E-state index in [0.717, 1.165) is 48.8 Å². The lowest BCUT2D eigenvalue weighted by Gasteiger charge is -2.31. The third kappa shape index (κ3) is 3.62. The Kier molecular flexibility index (Phi) is 5.08. The van der Waals surface area contributed by atoms with Gasteiger partial charge in [-0.1, -0.05) is 11.6 Å². The fourth-order valence-electron chi connectivity index (χ4n) is 2.60. The Labute approximate surface area is 120 Å². The molecule has 0 spiro atoms. The van der Waals surface area contributed by atoms with Crippen LogP contribution < -0.4 is 4.74 Å². The maximum atomic E-state index is 9.16. The van der Waals surface area contributed by atoms with E-state index in [9.17, 15) is 0 Å². The summed E-state index contributed by atoms with van der Waals surface area (Å²) in [5.74, 6) is 1.34. The topological polar surface area (TPSA) is 32.7 Å². The molecule has 106 valence electrons. The first-order valence-corrected chi connectivity index (χ1v) is 7.18. The number of likely N-dealkylation sites (tertiary alicyclic amines) is 1. The summed E-state index contributed by atoms with van der Waals surface area (Å²) in [5, 5.41) is 9.91. The fourth-order valence-corrected chi connectivity index (χ4v) is 2.76. The molecule has 0 amide bonds. The molecule has 0 atom stereocenters. The summed E-state index contributed by atoms with van der Waals surface area (Å²) in [7, 11) is 1.68. The largest absolute Gasteiger partial charge is 0.496 e. The summed E-state index contributed by atoms with van der Waals surface area (Å²) in [5.41, 5.74) is 2.27. The van der Waals surface area contributed by atoms with Crippen LogP contribution in [0.25, 0.3) is 0 Å². The van der Waals surface area contributed by atoms with Crippen LogP contribution in [0.15, 0.2) is 12.1 Å². The molecule has 1 saturated heterocycles. The zero-order valence-electron chi connectivity index (χ0n) is 11.7. The molecule has 0 radical (unpaired) electrons. The highest BCUT2D eigenvalue weighted by Gasteiger charge is 2.19. The van der Waals surface area contributed by atoms with E-state index in [1.165, 1.54) is 5.56 Å². The van der Waals surface area contributed by atoms with Crippen molar-refractivity contribution in [3.63, 3.8) is 0 Å². The Hall–Kier alpha value is -0.770. The molecule has 1 aliphatic rings. The molecule has 1 fully saturated rings. The molecule has 0 aromatic heterocycles. The van der Waals surface area contributed by atoms with Crippen molar-refractivity contribution in [2.75, 3.05) is 26.8 Å². The summed E-state index contributed by atoms with van der Waals surface area (Å²) < 4.78 is 5.41. The second-order valence-electron chi connectivity index (χ2n) is 5.32. The van der Waals surface area contributed by atoms with Gasteiger partial charge in [0.05, 0.1) is 7.11 Å². The molecule has 19 heavy (non-hydrogen) atoms. The van der Waals surface area contributed by atoms with Crippen LogP contribution in [-0.2, 0) is 6.54 Å². The third-order valence-electron chi connectivity index (χ3n) is 3.92. The van der Waals surface area contributed by atoms with Crippen LogP contribution in [0.4, 0.5) is 0 Å². The van der Waals surface area contributed by atoms with Crippen LogP contribution in [0.2, 0.25) is 5.02 Å². The number of methoxy groups -OCH3 is 1. The maximum Gasteiger partial charge on any atom is 0.124 e. The summed E-state index contributed by atoms with van der Waals surface area (Å²) in [4.78, 5) is 2.41. The summed E-state index contributed by atoms with van der Waals surface area (Å²) in [6, 6.07) is 4.01. The number of piperidine rings is 1. The van der Waals surface area contributed by atoms with Gasteiger partial charge in [-0.05, 0) is 56.5 Å². The third-order valence-corrected chi connectivity index (χ3v) is 4.33. The highest BCUT2D eigenvalue weighted by atomic mass is 35.5. The first kappa shape index (κ1) is 14.6. The Morgan fingerprint density at radius 2 is 2.05 bits per heavy atom. The van der Waals surface area contributed by atoms with Crippen molar-refractivity contribution in [2.24, 2.45) is 5.92 Å². The molecule has 1 aliphatic heterocycles. The lowest BCUT2D eigenvalue weighted by molar-refractivity contribution is 0.127. The molecule has 4 heteroatoms. The quantitative estimate of drug-likeness (QED) is 0.922. The van der Waals surface area contributed by atoms with E-state index in [4.69, 9.17) is 21.4 Å². The summed E-state index contributed by atoms with van der Waals surface area (Å²) in [6.07, 6.45) is 2.15. The normalized spacial score (nSPS) is 17.7. The Bertz CT molecular complexity index is 428. The van der Waals surface area contributed by atoms with Gasteiger partial charge < -0.3 is 9.84 Å². The van der Waals surface area contributed by atoms with Gasteiger partial charge in [0.25, 0.3) is 0 Å². The van der Waals surface area contributed by atoms with Crippen LogP contribution in [0, 0.1) is 12.8 Å². The van der Waals surface area contributed by atoms with Gasteiger partial charge in [0.2, 0.25) is 0 Å². The van der Waals surface area contributed by atoms with Crippen molar-refractivity contribution in [2.45, 2.75) is 26.3 Å². The van der Waals surface area contributed by atoms with Crippen molar-refractivity contribution < 1.29 is 9.84 Å². The number of nitrogens with zero attached hydrogens (tertiary/aromatic N) is 1. The van der Waals surface area contributed by atoms with E-state index in [1.807, 2.05) is 13.0 Å². The van der Waals surface area contributed by atoms with Gasteiger partial charge in [0, 0.05) is 23.7 Å². The number of aryl methyl sites for hydroxylation is 1. The predicted molar refractivity (Wildman–Crippen MR) is 77.8 cm³/mol. The predicted octanol–water partition coefficient (Wildman–Crippen LogP) is 2.86. The SMILES string of the molecule is COc1cc(Cl)c(C)cc1CN1CCC(CO)CC1. The highest BCUT2D eigenvalue weighted by Crippen LogP contribution is 2.29. The highest BCUT2D eigenvalue weighted by molar-refractivity contribution is 6.31. The number of benzene rings is 1. The molecule has 1 heterocycles. The number of aliphatic hydroxyl groups is 1. The first-order chi connectivity index (χ1) is 9.13. The Balaban J connectivity index is 2.05. The number of hydrogen-bond donors (Lipinski definition) is 1. The molecule has 1 N–H and O–H groups in total. The molecule has 3 nitrogen and oxygen atoms in total. The Morgan fingerprint density at radius 1 is 1.37 bits per heavy atom. The van der Waals surface area contributed by atoms with Crippen molar-refractivity contribution in [1.82, 2.24) is 4.90 Å². The fraction of sp³-hybridized carbons (Fsp3) is 0.600.